The molecule has 29 heavy (non-hydrogen) atoms. The van der Waals surface area contributed by atoms with E-state index >= 15 is 0 Å². The number of anilines is 1. The van der Waals surface area contributed by atoms with Crippen LogP contribution in [-0.4, -0.2) is 53.7 Å². The summed E-state index contributed by atoms with van der Waals surface area (Å²) in [5.41, 5.74) is 8.42. The summed E-state index contributed by atoms with van der Waals surface area (Å²) in [6.45, 7) is 2.00. The topological polar surface area (TPSA) is 65.6 Å². The molecule has 3 unspecified atom stereocenters. The molecule has 0 aliphatic carbocycles. The highest BCUT2D eigenvalue weighted by atomic mass is 32.2. The van der Waals surface area contributed by atoms with E-state index < -0.39 is 6.10 Å². The molecule has 2 aromatic rings. The number of pyridine rings is 1. The zero-order chi connectivity index (χ0) is 21.0. The van der Waals surface area contributed by atoms with Crippen molar-refractivity contribution >= 4 is 17.6 Å². The number of aromatic nitrogens is 1. The standard InChI is InChI=1S/C22H29FN4OS/c1-15(28)22-19(13-16-6-8-18(9-7-16)29-26(2)3)21-20(5-4-12-25-21)27(22)14-17(23)10-11-24/h4-10,12,15,19,22,28H,11,13-14,24H2,1-3H3/b17-10-. The molecule has 1 aliphatic rings. The molecule has 0 saturated carbocycles. The van der Waals surface area contributed by atoms with E-state index in [1.54, 1.807) is 25.1 Å². The van der Waals surface area contributed by atoms with Gasteiger partial charge in [0.1, 0.15) is 5.83 Å². The molecule has 0 radical (unpaired) electrons. The van der Waals surface area contributed by atoms with E-state index in [2.05, 4.69) is 33.6 Å². The molecule has 3 atom stereocenters. The SMILES string of the molecule is CC(O)C1C(Cc2ccc(SN(C)C)cc2)c2ncccc2N1C/C(F)=C/CN. The van der Waals surface area contributed by atoms with E-state index in [1.165, 1.54) is 16.5 Å². The minimum atomic E-state index is -0.636. The fourth-order valence-electron chi connectivity index (χ4n) is 3.99. The second-order valence-corrected chi connectivity index (χ2v) is 8.90. The van der Waals surface area contributed by atoms with Gasteiger partial charge in [-0.1, -0.05) is 12.1 Å². The van der Waals surface area contributed by atoms with Gasteiger partial charge in [0.25, 0.3) is 0 Å². The summed E-state index contributed by atoms with van der Waals surface area (Å²) in [6, 6.07) is 12.0. The number of hydrogen-bond donors (Lipinski definition) is 2. The number of aliphatic hydroxyl groups excluding tert-OH is 1. The fraction of sp³-hybridized carbons (Fsp3) is 0.409. The summed E-state index contributed by atoms with van der Waals surface area (Å²) in [5, 5.41) is 10.6. The lowest BCUT2D eigenvalue weighted by Gasteiger charge is -2.32. The summed E-state index contributed by atoms with van der Waals surface area (Å²) in [6.07, 6.45) is 3.23. The van der Waals surface area contributed by atoms with Crippen LogP contribution in [0.25, 0.3) is 0 Å². The summed E-state index contributed by atoms with van der Waals surface area (Å²) in [4.78, 5) is 7.70. The second kappa shape index (κ2) is 9.71. The van der Waals surface area contributed by atoms with Gasteiger partial charge in [0.05, 0.1) is 30.1 Å². The van der Waals surface area contributed by atoms with Gasteiger partial charge in [-0.15, -0.1) is 0 Å². The third-order valence-corrected chi connectivity index (χ3v) is 5.92. The van der Waals surface area contributed by atoms with E-state index in [1.807, 2.05) is 31.1 Å². The molecule has 3 rings (SSSR count). The van der Waals surface area contributed by atoms with Gasteiger partial charge in [0.2, 0.25) is 0 Å². The van der Waals surface area contributed by atoms with Crippen LogP contribution in [0.4, 0.5) is 10.1 Å². The van der Waals surface area contributed by atoms with Crippen molar-refractivity contribution in [1.29, 1.82) is 0 Å². The van der Waals surface area contributed by atoms with Gasteiger partial charge in [-0.3, -0.25) is 9.29 Å². The Balaban J connectivity index is 1.89. The molecule has 7 heteroatoms. The first kappa shape index (κ1) is 21.8. The van der Waals surface area contributed by atoms with Crippen LogP contribution in [0.5, 0.6) is 0 Å². The molecular weight excluding hydrogens is 387 g/mol. The minimum absolute atomic E-state index is 0.0239. The number of benzene rings is 1. The Morgan fingerprint density at radius 3 is 2.69 bits per heavy atom. The molecule has 0 fully saturated rings. The van der Waals surface area contributed by atoms with Gasteiger partial charge in [0, 0.05) is 23.6 Å². The van der Waals surface area contributed by atoms with Gasteiger partial charge in [0.15, 0.2) is 0 Å². The Labute approximate surface area is 176 Å². The molecule has 1 aliphatic heterocycles. The van der Waals surface area contributed by atoms with Crippen molar-refractivity contribution in [2.24, 2.45) is 5.73 Å². The van der Waals surface area contributed by atoms with Gasteiger partial charge >= 0.3 is 0 Å². The molecule has 0 saturated heterocycles. The van der Waals surface area contributed by atoms with Crippen LogP contribution in [0.1, 0.15) is 24.1 Å². The predicted octanol–water partition coefficient (Wildman–Crippen LogP) is 3.36. The Kier molecular flexibility index (Phi) is 7.29. The summed E-state index contributed by atoms with van der Waals surface area (Å²) in [5.74, 6) is -0.317. The quantitative estimate of drug-likeness (QED) is 0.644. The summed E-state index contributed by atoms with van der Waals surface area (Å²) < 4.78 is 16.4. The first-order chi connectivity index (χ1) is 13.9. The number of hydrogen-bond acceptors (Lipinski definition) is 6. The van der Waals surface area contributed by atoms with E-state index in [0.29, 0.717) is 0 Å². The monoisotopic (exact) mass is 416 g/mol. The Morgan fingerprint density at radius 2 is 2.07 bits per heavy atom. The van der Waals surface area contributed by atoms with Crippen LogP contribution < -0.4 is 10.6 Å². The highest BCUT2D eigenvalue weighted by molar-refractivity contribution is 7.97. The fourth-order valence-corrected chi connectivity index (χ4v) is 4.67. The number of nitrogens with zero attached hydrogens (tertiary/aromatic N) is 3. The van der Waals surface area contributed by atoms with Gasteiger partial charge in [-0.05, 0) is 75.3 Å². The molecule has 156 valence electrons. The van der Waals surface area contributed by atoms with Crippen molar-refractivity contribution in [1.82, 2.24) is 9.29 Å². The van der Waals surface area contributed by atoms with Crippen molar-refractivity contribution < 1.29 is 9.50 Å². The Morgan fingerprint density at radius 1 is 1.34 bits per heavy atom. The van der Waals surface area contributed by atoms with Gasteiger partial charge < -0.3 is 15.7 Å². The maximum atomic E-state index is 14.3. The number of halogens is 1. The van der Waals surface area contributed by atoms with E-state index in [0.717, 1.165) is 17.8 Å². The Hall–Kier alpha value is -1.93. The molecule has 2 heterocycles. The minimum Gasteiger partial charge on any atom is -0.391 e. The van der Waals surface area contributed by atoms with Crippen LogP contribution in [-0.2, 0) is 6.42 Å². The van der Waals surface area contributed by atoms with E-state index in [9.17, 15) is 9.50 Å². The molecule has 0 spiro atoms. The summed E-state index contributed by atoms with van der Waals surface area (Å²) in [7, 11) is 4.03. The van der Waals surface area contributed by atoms with Crippen LogP contribution in [0.2, 0.25) is 0 Å². The average Bonchev–Trinajstić information content (AvgIpc) is 2.97. The zero-order valence-electron chi connectivity index (χ0n) is 17.1. The first-order valence-electron chi connectivity index (χ1n) is 9.79. The lowest BCUT2D eigenvalue weighted by Crippen LogP contribution is -2.43. The van der Waals surface area contributed by atoms with E-state index in [-0.39, 0.29) is 30.9 Å². The lowest BCUT2D eigenvalue weighted by atomic mass is 9.89. The smallest absolute Gasteiger partial charge is 0.116 e. The van der Waals surface area contributed by atoms with Crippen LogP contribution in [0, 0.1) is 0 Å². The molecule has 0 amide bonds. The molecule has 3 N–H and O–H groups in total. The lowest BCUT2D eigenvalue weighted by molar-refractivity contribution is 0.149. The van der Waals surface area contributed by atoms with Crippen molar-refractivity contribution in [3.8, 4) is 0 Å². The normalized spacial score (nSPS) is 20.2. The third kappa shape index (κ3) is 5.17. The number of fused-ring (bicyclic) bond motifs is 1. The third-order valence-electron chi connectivity index (χ3n) is 5.07. The molecule has 5 nitrogen and oxygen atoms in total. The zero-order valence-corrected chi connectivity index (χ0v) is 17.9. The molecule has 1 aromatic carbocycles. The number of nitrogens with two attached hydrogens (primary N) is 1. The maximum absolute atomic E-state index is 14.3. The van der Waals surface area contributed by atoms with Crippen LogP contribution in [0.3, 0.4) is 0 Å². The maximum Gasteiger partial charge on any atom is 0.116 e. The van der Waals surface area contributed by atoms with Crippen molar-refractivity contribution in [2.75, 3.05) is 32.1 Å². The first-order valence-corrected chi connectivity index (χ1v) is 10.6. The molecular formula is C22H29FN4OS. The Bertz CT molecular complexity index is 841. The van der Waals surface area contributed by atoms with Crippen LogP contribution in [0.15, 0.2) is 59.4 Å². The van der Waals surface area contributed by atoms with E-state index in [4.69, 9.17) is 5.73 Å². The van der Waals surface area contributed by atoms with Gasteiger partial charge in [-0.2, -0.15) is 0 Å². The highest BCUT2D eigenvalue weighted by Gasteiger charge is 2.42. The van der Waals surface area contributed by atoms with Crippen molar-refractivity contribution in [3.63, 3.8) is 0 Å². The highest BCUT2D eigenvalue weighted by Crippen LogP contribution is 2.43. The largest absolute Gasteiger partial charge is 0.391 e. The molecule has 1 aromatic heterocycles. The average molecular weight is 417 g/mol. The number of aliphatic hydroxyl groups is 1. The summed E-state index contributed by atoms with van der Waals surface area (Å²) >= 11 is 1.67. The predicted molar refractivity (Wildman–Crippen MR) is 118 cm³/mol. The second-order valence-electron chi connectivity index (χ2n) is 7.51. The van der Waals surface area contributed by atoms with Crippen molar-refractivity contribution in [3.05, 3.63) is 65.8 Å². The van der Waals surface area contributed by atoms with Crippen LogP contribution >= 0.6 is 11.9 Å². The number of rotatable bonds is 8. The van der Waals surface area contributed by atoms with Gasteiger partial charge in [-0.25, -0.2) is 4.39 Å². The molecule has 0 bridgehead atoms. The van der Waals surface area contributed by atoms with Crippen molar-refractivity contribution in [2.45, 2.75) is 36.3 Å².